The summed E-state index contributed by atoms with van der Waals surface area (Å²) in [5.41, 5.74) is 0. The number of hydrogen-bond donors (Lipinski definition) is 2. The number of carbonyl (C=O) groups is 2. The molecule has 0 radical (unpaired) electrons. The molecule has 0 spiro atoms. The van der Waals surface area contributed by atoms with Crippen LogP contribution >= 0.6 is 0 Å². The second kappa shape index (κ2) is 7.64. The number of carboxylic acids is 1. The highest BCUT2D eigenvalue weighted by molar-refractivity contribution is 5.80. The van der Waals surface area contributed by atoms with Gasteiger partial charge in [0, 0.05) is 25.2 Å². The fourth-order valence-corrected chi connectivity index (χ4v) is 3.17. The largest absolute Gasteiger partial charge is 0.480 e. The average molecular weight is 297 g/mol. The van der Waals surface area contributed by atoms with Crippen LogP contribution in [0.4, 0.5) is 4.79 Å². The number of urea groups is 1. The van der Waals surface area contributed by atoms with Gasteiger partial charge >= 0.3 is 12.0 Å². The quantitative estimate of drug-likeness (QED) is 0.712. The van der Waals surface area contributed by atoms with Gasteiger partial charge in [-0.2, -0.15) is 0 Å². The Morgan fingerprint density at radius 2 is 1.81 bits per heavy atom. The van der Waals surface area contributed by atoms with Crippen LogP contribution in [0.2, 0.25) is 0 Å². The van der Waals surface area contributed by atoms with Crippen molar-refractivity contribution in [3.8, 4) is 0 Å². The zero-order valence-electron chi connectivity index (χ0n) is 12.9. The predicted molar refractivity (Wildman–Crippen MR) is 80.3 cm³/mol. The lowest BCUT2D eigenvalue weighted by Gasteiger charge is -2.28. The highest BCUT2D eigenvalue weighted by atomic mass is 16.4. The van der Waals surface area contributed by atoms with E-state index in [2.05, 4.69) is 17.1 Å². The SMILES string of the molecule is CCN(CCNC(=O)N(CC(=O)O)C1CCCC1)C1CC1. The van der Waals surface area contributed by atoms with Crippen molar-refractivity contribution >= 4 is 12.0 Å². The second-order valence-electron chi connectivity index (χ2n) is 6.05. The first-order valence-corrected chi connectivity index (χ1v) is 8.12. The lowest BCUT2D eigenvalue weighted by molar-refractivity contribution is -0.138. The lowest BCUT2D eigenvalue weighted by atomic mass is 10.2. The summed E-state index contributed by atoms with van der Waals surface area (Å²) in [6.07, 6.45) is 6.52. The van der Waals surface area contributed by atoms with Crippen molar-refractivity contribution in [1.29, 1.82) is 0 Å². The summed E-state index contributed by atoms with van der Waals surface area (Å²) in [6.45, 7) is 4.37. The Hall–Kier alpha value is -1.30. The molecular weight excluding hydrogens is 270 g/mol. The van der Waals surface area contributed by atoms with Crippen LogP contribution in [0, 0.1) is 0 Å². The van der Waals surface area contributed by atoms with Crippen LogP contribution in [0.3, 0.4) is 0 Å². The van der Waals surface area contributed by atoms with Crippen molar-refractivity contribution in [1.82, 2.24) is 15.1 Å². The van der Waals surface area contributed by atoms with Gasteiger partial charge in [-0.15, -0.1) is 0 Å². The van der Waals surface area contributed by atoms with E-state index in [4.69, 9.17) is 5.11 Å². The molecule has 21 heavy (non-hydrogen) atoms. The minimum Gasteiger partial charge on any atom is -0.480 e. The highest BCUT2D eigenvalue weighted by Gasteiger charge is 2.29. The van der Waals surface area contributed by atoms with Gasteiger partial charge in [0.1, 0.15) is 6.54 Å². The third-order valence-electron chi connectivity index (χ3n) is 4.48. The monoisotopic (exact) mass is 297 g/mol. The summed E-state index contributed by atoms with van der Waals surface area (Å²) in [5, 5.41) is 11.9. The third-order valence-corrected chi connectivity index (χ3v) is 4.48. The number of likely N-dealkylation sites (N-methyl/N-ethyl adjacent to an activating group) is 1. The fourth-order valence-electron chi connectivity index (χ4n) is 3.17. The summed E-state index contributed by atoms with van der Waals surface area (Å²) in [6, 6.07) is 0.555. The molecule has 2 saturated carbocycles. The number of carbonyl (C=O) groups excluding carboxylic acids is 1. The van der Waals surface area contributed by atoms with E-state index in [9.17, 15) is 9.59 Å². The Balaban J connectivity index is 1.78. The number of carboxylic acid groups (broad SMARTS) is 1. The van der Waals surface area contributed by atoms with Crippen LogP contribution < -0.4 is 5.32 Å². The summed E-state index contributed by atoms with van der Waals surface area (Å²) in [4.78, 5) is 27.1. The second-order valence-corrected chi connectivity index (χ2v) is 6.05. The van der Waals surface area contributed by atoms with Gasteiger partial charge in [0.2, 0.25) is 0 Å². The highest BCUT2D eigenvalue weighted by Crippen LogP contribution is 2.26. The van der Waals surface area contributed by atoms with E-state index in [0.29, 0.717) is 12.6 Å². The molecule has 6 heteroatoms. The van der Waals surface area contributed by atoms with Gasteiger partial charge in [0.25, 0.3) is 0 Å². The number of nitrogens with zero attached hydrogens (tertiary/aromatic N) is 2. The van der Waals surface area contributed by atoms with E-state index in [0.717, 1.165) is 38.8 Å². The van der Waals surface area contributed by atoms with Crippen molar-refractivity contribution in [2.45, 2.75) is 57.5 Å². The minimum atomic E-state index is -0.940. The molecule has 0 atom stereocenters. The number of hydrogen-bond acceptors (Lipinski definition) is 3. The molecule has 0 bridgehead atoms. The molecule has 120 valence electrons. The molecular formula is C15H27N3O3. The van der Waals surface area contributed by atoms with Crippen molar-refractivity contribution in [3.63, 3.8) is 0 Å². The van der Waals surface area contributed by atoms with E-state index in [-0.39, 0.29) is 18.6 Å². The van der Waals surface area contributed by atoms with Crippen LogP contribution in [-0.2, 0) is 4.79 Å². The summed E-state index contributed by atoms with van der Waals surface area (Å²) in [5.74, 6) is -0.940. The minimum absolute atomic E-state index is 0.0896. The fraction of sp³-hybridized carbons (Fsp3) is 0.867. The first kappa shape index (κ1) is 16.1. The maximum atomic E-state index is 12.3. The standard InChI is InChI=1S/C15H27N3O3/c1-2-17(12-7-8-12)10-9-16-15(21)18(11-14(19)20)13-5-3-4-6-13/h12-13H,2-11H2,1H3,(H,16,21)(H,19,20). The van der Waals surface area contributed by atoms with Gasteiger partial charge in [-0.3, -0.25) is 9.69 Å². The van der Waals surface area contributed by atoms with E-state index in [1.165, 1.54) is 17.7 Å². The van der Waals surface area contributed by atoms with Crippen LogP contribution in [0.25, 0.3) is 0 Å². The zero-order valence-corrected chi connectivity index (χ0v) is 12.9. The predicted octanol–water partition coefficient (Wildman–Crippen LogP) is 1.51. The van der Waals surface area contributed by atoms with Crippen LogP contribution in [0.1, 0.15) is 45.4 Å². The maximum Gasteiger partial charge on any atom is 0.323 e. The Morgan fingerprint density at radius 3 is 2.33 bits per heavy atom. The van der Waals surface area contributed by atoms with Crippen molar-refractivity contribution in [2.24, 2.45) is 0 Å². The molecule has 2 N–H and O–H groups in total. The first-order chi connectivity index (χ1) is 10.1. The van der Waals surface area contributed by atoms with Gasteiger partial charge in [-0.05, 0) is 32.2 Å². The average Bonchev–Trinajstić information content (AvgIpc) is 3.15. The summed E-state index contributed by atoms with van der Waals surface area (Å²) >= 11 is 0. The van der Waals surface area contributed by atoms with Crippen molar-refractivity contribution in [2.75, 3.05) is 26.2 Å². The molecule has 0 aliphatic heterocycles. The van der Waals surface area contributed by atoms with Crippen LogP contribution in [-0.4, -0.2) is 65.2 Å². The topological polar surface area (TPSA) is 72.9 Å². The maximum absolute atomic E-state index is 12.3. The van der Waals surface area contributed by atoms with Crippen LogP contribution in [0.5, 0.6) is 0 Å². The molecule has 0 saturated heterocycles. The van der Waals surface area contributed by atoms with E-state index >= 15 is 0 Å². The van der Waals surface area contributed by atoms with Gasteiger partial charge in [0.05, 0.1) is 0 Å². The number of aliphatic carboxylic acids is 1. The Labute approximate surface area is 126 Å². The van der Waals surface area contributed by atoms with E-state index in [1.54, 1.807) is 0 Å². The molecule has 2 amide bonds. The molecule has 0 aromatic heterocycles. The number of nitrogens with one attached hydrogen (secondary N) is 1. The smallest absolute Gasteiger partial charge is 0.323 e. The third kappa shape index (κ3) is 4.88. The number of rotatable bonds is 8. The molecule has 6 nitrogen and oxygen atoms in total. The Kier molecular flexibility index (Phi) is 5.85. The van der Waals surface area contributed by atoms with Gasteiger partial charge in [-0.25, -0.2) is 4.79 Å². The van der Waals surface area contributed by atoms with Gasteiger partial charge in [0.15, 0.2) is 0 Å². The molecule has 2 aliphatic carbocycles. The van der Waals surface area contributed by atoms with Gasteiger partial charge < -0.3 is 15.3 Å². The zero-order chi connectivity index (χ0) is 15.2. The van der Waals surface area contributed by atoms with Gasteiger partial charge in [-0.1, -0.05) is 19.8 Å². The van der Waals surface area contributed by atoms with Crippen molar-refractivity contribution in [3.05, 3.63) is 0 Å². The normalized spacial score (nSPS) is 19.0. The van der Waals surface area contributed by atoms with Crippen LogP contribution in [0.15, 0.2) is 0 Å². The van der Waals surface area contributed by atoms with Crippen molar-refractivity contribution < 1.29 is 14.7 Å². The first-order valence-electron chi connectivity index (χ1n) is 8.12. The Morgan fingerprint density at radius 1 is 1.14 bits per heavy atom. The molecule has 2 rings (SSSR count). The molecule has 0 heterocycles. The summed E-state index contributed by atoms with van der Waals surface area (Å²) in [7, 11) is 0. The summed E-state index contributed by atoms with van der Waals surface area (Å²) < 4.78 is 0. The lowest BCUT2D eigenvalue weighted by Crippen LogP contribution is -2.49. The van der Waals surface area contributed by atoms with E-state index in [1.807, 2.05) is 0 Å². The van der Waals surface area contributed by atoms with E-state index < -0.39 is 5.97 Å². The molecule has 0 aromatic carbocycles. The number of amides is 2. The Bertz CT molecular complexity index is 365. The molecule has 0 aromatic rings. The molecule has 2 aliphatic rings. The molecule has 0 unspecified atom stereocenters. The molecule has 2 fully saturated rings.